The van der Waals surface area contributed by atoms with Crippen LogP contribution in [0.25, 0.3) is 0 Å². The minimum absolute atomic E-state index is 0.0810. The molecule has 5 aliphatic rings. The molecule has 3 amide bonds. The Morgan fingerprint density at radius 2 is 2.00 bits per heavy atom. The maximum absolute atomic E-state index is 13.2. The van der Waals surface area contributed by atoms with Gasteiger partial charge in [-0.25, -0.2) is 4.79 Å². The lowest BCUT2D eigenvalue weighted by atomic mass is 9.54. The molecule has 172 valence electrons. The Hall–Kier alpha value is -2.12. The number of imide groups is 1. The Morgan fingerprint density at radius 3 is 2.72 bits per heavy atom. The van der Waals surface area contributed by atoms with Gasteiger partial charge in [0.25, 0.3) is 5.91 Å². The van der Waals surface area contributed by atoms with E-state index in [1.54, 1.807) is 17.0 Å². The minimum Gasteiger partial charge on any atom is -0.508 e. The number of nitrogens with zero attached hydrogens (tertiary/aromatic N) is 2. The number of carbonyl (C=O) groups excluding carboxylic acids is 2. The quantitative estimate of drug-likeness (QED) is 0.626. The van der Waals surface area contributed by atoms with Gasteiger partial charge in [0.2, 0.25) is 0 Å². The predicted octanol–water partition coefficient (Wildman–Crippen LogP) is 2.28. The molecule has 7 heteroatoms. The first-order valence-corrected chi connectivity index (χ1v) is 12.1. The molecule has 0 bridgehead atoms. The van der Waals surface area contributed by atoms with Crippen molar-refractivity contribution in [1.29, 1.82) is 0 Å². The molecule has 1 unspecified atom stereocenters. The third-order valence-corrected chi connectivity index (χ3v) is 9.40. The van der Waals surface area contributed by atoms with E-state index in [1.165, 1.54) is 12.8 Å². The molecule has 2 saturated heterocycles. The molecule has 7 nitrogen and oxygen atoms in total. The zero-order chi connectivity index (χ0) is 22.5. The Balaban J connectivity index is 1.49. The van der Waals surface area contributed by atoms with Crippen molar-refractivity contribution >= 4 is 11.9 Å². The van der Waals surface area contributed by atoms with Gasteiger partial charge < -0.3 is 15.1 Å². The van der Waals surface area contributed by atoms with Gasteiger partial charge in [0.05, 0.1) is 5.60 Å². The molecule has 3 saturated carbocycles. The number of urea groups is 1. The van der Waals surface area contributed by atoms with E-state index < -0.39 is 16.6 Å². The summed E-state index contributed by atoms with van der Waals surface area (Å²) in [6.07, 6.45) is 4.67. The summed E-state index contributed by atoms with van der Waals surface area (Å²) in [5, 5.41) is 25.5. The standard InChI is InChI=1S/C25H33N3O4/c1-3-28-22(31)26-21(30)24(28)8-9-25(32)20-17(13-27(20)12-16-5-6-16)11-23(25,14-24)19-10-18(29)7-4-15(19)2/h4,7,10,16-17,20,29,32H,3,5-6,8-9,11-14H2,1-2H3,(H,26,30,31)/t17?,20-,23-,24+,25-/m1/s1. The van der Waals surface area contributed by atoms with Crippen molar-refractivity contribution in [3.8, 4) is 5.75 Å². The van der Waals surface area contributed by atoms with Crippen molar-refractivity contribution in [2.75, 3.05) is 19.6 Å². The highest BCUT2D eigenvalue weighted by Crippen LogP contribution is 2.66. The first-order valence-electron chi connectivity index (χ1n) is 12.1. The number of carbonyl (C=O) groups is 2. The van der Waals surface area contributed by atoms with Crippen molar-refractivity contribution in [3.63, 3.8) is 0 Å². The van der Waals surface area contributed by atoms with Gasteiger partial charge in [-0.1, -0.05) is 6.07 Å². The monoisotopic (exact) mass is 439 g/mol. The molecule has 0 radical (unpaired) electrons. The van der Waals surface area contributed by atoms with Crippen molar-refractivity contribution in [3.05, 3.63) is 29.3 Å². The van der Waals surface area contributed by atoms with Crippen LogP contribution in [0.2, 0.25) is 0 Å². The second kappa shape index (κ2) is 6.48. The summed E-state index contributed by atoms with van der Waals surface area (Å²) in [6, 6.07) is 5.13. The fourth-order valence-electron chi connectivity index (χ4n) is 7.90. The number of phenols is 1. The Kier molecular flexibility index (Phi) is 4.14. The van der Waals surface area contributed by atoms with Gasteiger partial charge in [0.1, 0.15) is 11.3 Å². The number of hydrogen-bond acceptors (Lipinski definition) is 5. The molecule has 1 aromatic carbocycles. The lowest BCUT2D eigenvalue weighted by molar-refractivity contribution is -0.156. The molecule has 1 spiro atoms. The van der Waals surface area contributed by atoms with Gasteiger partial charge in [-0.15, -0.1) is 0 Å². The number of amides is 3. The van der Waals surface area contributed by atoms with Gasteiger partial charge in [0.15, 0.2) is 0 Å². The van der Waals surface area contributed by atoms with Crippen LogP contribution in [0, 0.1) is 18.8 Å². The molecule has 5 atom stereocenters. The average Bonchev–Trinajstić information content (AvgIpc) is 3.48. The molecular weight excluding hydrogens is 406 g/mol. The number of likely N-dealkylation sites (tertiary alicyclic amines) is 1. The number of rotatable bonds is 4. The van der Waals surface area contributed by atoms with Crippen LogP contribution in [0.5, 0.6) is 5.75 Å². The zero-order valence-corrected chi connectivity index (χ0v) is 18.9. The highest BCUT2D eigenvalue weighted by Gasteiger charge is 2.74. The van der Waals surface area contributed by atoms with Crippen molar-refractivity contribution in [2.45, 2.75) is 75.0 Å². The van der Waals surface area contributed by atoms with Crippen molar-refractivity contribution in [2.24, 2.45) is 11.8 Å². The minimum atomic E-state index is -0.986. The first-order chi connectivity index (χ1) is 15.2. The van der Waals surface area contributed by atoms with Gasteiger partial charge in [-0.05, 0) is 87.5 Å². The number of aromatic hydroxyl groups is 1. The van der Waals surface area contributed by atoms with Gasteiger partial charge >= 0.3 is 6.03 Å². The Labute approximate surface area is 188 Å². The molecule has 3 N–H and O–H groups in total. The zero-order valence-electron chi connectivity index (χ0n) is 18.9. The van der Waals surface area contributed by atoms with E-state index in [4.69, 9.17) is 0 Å². The molecular formula is C25H33N3O4. The van der Waals surface area contributed by atoms with E-state index in [9.17, 15) is 19.8 Å². The third-order valence-electron chi connectivity index (χ3n) is 9.40. The van der Waals surface area contributed by atoms with Crippen LogP contribution in [0.4, 0.5) is 4.79 Å². The third kappa shape index (κ3) is 2.44. The van der Waals surface area contributed by atoms with E-state index in [0.717, 1.165) is 36.6 Å². The number of aliphatic hydroxyl groups is 1. The highest BCUT2D eigenvalue weighted by atomic mass is 16.3. The fraction of sp³-hybridized carbons (Fsp3) is 0.680. The van der Waals surface area contributed by atoms with Crippen LogP contribution >= 0.6 is 0 Å². The van der Waals surface area contributed by atoms with Gasteiger partial charge in [-0.3, -0.25) is 15.0 Å². The van der Waals surface area contributed by atoms with E-state index >= 15 is 0 Å². The number of aryl methyl sites for hydroxylation is 1. The Bertz CT molecular complexity index is 1010. The molecule has 0 aromatic heterocycles. The molecule has 32 heavy (non-hydrogen) atoms. The summed E-state index contributed by atoms with van der Waals surface area (Å²) >= 11 is 0. The van der Waals surface area contributed by atoms with E-state index in [1.807, 2.05) is 19.9 Å². The number of likely N-dealkylation sites (N-methyl/N-ethyl adjacent to an activating group) is 1. The predicted molar refractivity (Wildman–Crippen MR) is 118 cm³/mol. The number of phenolic OH excluding ortho intramolecular Hbond substituents is 1. The summed E-state index contributed by atoms with van der Waals surface area (Å²) < 4.78 is 0. The smallest absolute Gasteiger partial charge is 0.325 e. The van der Waals surface area contributed by atoms with E-state index in [0.29, 0.717) is 31.7 Å². The highest BCUT2D eigenvalue weighted by molar-refractivity contribution is 6.07. The van der Waals surface area contributed by atoms with Crippen LogP contribution in [0.3, 0.4) is 0 Å². The number of hydrogen-bond donors (Lipinski definition) is 3. The lowest BCUT2D eigenvalue weighted by Crippen LogP contribution is -2.70. The van der Waals surface area contributed by atoms with Crippen molar-refractivity contribution < 1.29 is 19.8 Å². The molecule has 1 aromatic rings. The molecule has 5 fully saturated rings. The maximum atomic E-state index is 13.2. The van der Waals surface area contributed by atoms with Crippen LogP contribution in [-0.2, 0) is 10.2 Å². The molecule has 6 rings (SSSR count). The normalized spacial score (nSPS) is 40.9. The van der Waals surface area contributed by atoms with Crippen molar-refractivity contribution in [1.82, 2.24) is 15.1 Å². The summed E-state index contributed by atoms with van der Waals surface area (Å²) in [5.74, 6) is 1.06. The molecule has 3 aliphatic carbocycles. The average molecular weight is 440 g/mol. The van der Waals surface area contributed by atoms with Crippen LogP contribution in [-0.4, -0.2) is 68.8 Å². The SMILES string of the molecule is CCN1C(=O)NC(=O)[C@@]12CC[C@@]1(O)[C@H]3C(CN3CC3CC3)C[C@]1(c1cc(O)ccc1C)C2. The number of fused-ring (bicyclic) bond motifs is 3. The summed E-state index contributed by atoms with van der Waals surface area (Å²) in [7, 11) is 0. The molecule has 2 aliphatic heterocycles. The van der Waals surface area contributed by atoms with Crippen LogP contribution in [0.15, 0.2) is 18.2 Å². The van der Waals surface area contributed by atoms with Gasteiger partial charge in [-0.2, -0.15) is 0 Å². The van der Waals surface area contributed by atoms with Gasteiger partial charge in [0, 0.05) is 31.1 Å². The first kappa shape index (κ1) is 20.5. The topological polar surface area (TPSA) is 93.1 Å². The molecule has 2 heterocycles. The Morgan fingerprint density at radius 1 is 1.22 bits per heavy atom. The summed E-state index contributed by atoms with van der Waals surface area (Å²) in [4.78, 5) is 30.0. The maximum Gasteiger partial charge on any atom is 0.325 e. The van der Waals surface area contributed by atoms with E-state index in [-0.39, 0.29) is 23.7 Å². The fourth-order valence-corrected chi connectivity index (χ4v) is 7.90. The summed E-state index contributed by atoms with van der Waals surface area (Å²) in [5.41, 5.74) is -0.665. The lowest BCUT2D eigenvalue weighted by Gasteiger charge is -2.58. The summed E-state index contributed by atoms with van der Waals surface area (Å²) in [6.45, 7) is 6.40. The van der Waals surface area contributed by atoms with E-state index in [2.05, 4.69) is 10.2 Å². The van der Waals surface area contributed by atoms with Crippen LogP contribution in [0.1, 0.15) is 56.6 Å². The number of nitrogens with one attached hydrogen (secondary N) is 1. The second-order valence-electron chi connectivity index (χ2n) is 11.0. The number of benzene rings is 1. The second-order valence-corrected chi connectivity index (χ2v) is 11.0. The largest absolute Gasteiger partial charge is 0.508 e. The van der Waals surface area contributed by atoms with Crippen LogP contribution < -0.4 is 5.32 Å².